The van der Waals surface area contributed by atoms with E-state index >= 15 is 0 Å². The maximum atomic E-state index is 6.42. The number of nitrogens with two attached hydrogens (primary N) is 1. The molecule has 2 saturated heterocycles. The Balaban J connectivity index is 1.60. The molecule has 1 aliphatic carbocycles. The molecule has 3 rings (SSSR count). The molecule has 3 unspecified atom stereocenters. The van der Waals surface area contributed by atoms with Gasteiger partial charge in [0.25, 0.3) is 0 Å². The Bertz CT molecular complexity index is 246. The second-order valence-electron chi connectivity index (χ2n) is 5.84. The van der Waals surface area contributed by atoms with Gasteiger partial charge in [-0.3, -0.25) is 0 Å². The predicted molar refractivity (Wildman–Crippen MR) is 62.2 cm³/mol. The second-order valence-corrected chi connectivity index (χ2v) is 5.84. The Morgan fingerprint density at radius 2 is 1.94 bits per heavy atom. The number of hydrogen-bond donors (Lipinski definition) is 1. The first kappa shape index (κ1) is 11.0. The van der Waals surface area contributed by atoms with Crippen molar-refractivity contribution in [2.45, 2.75) is 50.2 Å². The maximum absolute atomic E-state index is 6.42. The lowest BCUT2D eigenvalue weighted by Gasteiger charge is -2.49. The zero-order valence-electron chi connectivity index (χ0n) is 9.99. The van der Waals surface area contributed by atoms with Crippen LogP contribution >= 0.6 is 0 Å². The summed E-state index contributed by atoms with van der Waals surface area (Å²) in [5, 5.41) is 0. The lowest BCUT2D eigenvalue weighted by atomic mass is 9.69. The molecule has 2 heterocycles. The Morgan fingerprint density at radius 1 is 1.12 bits per heavy atom. The van der Waals surface area contributed by atoms with Crippen LogP contribution in [0.3, 0.4) is 0 Å². The molecule has 0 bridgehead atoms. The van der Waals surface area contributed by atoms with Crippen molar-refractivity contribution in [1.29, 1.82) is 0 Å². The van der Waals surface area contributed by atoms with Crippen LogP contribution in [0.4, 0.5) is 0 Å². The van der Waals surface area contributed by atoms with Crippen LogP contribution in [0.1, 0.15) is 38.5 Å². The standard InChI is InChI=1S/C13H23NO2/c14-12(11-2-6-15-9-11)10-3-7-16-13(8-10)4-1-5-13/h10-12H,1-9,14H2. The van der Waals surface area contributed by atoms with Gasteiger partial charge in [-0.15, -0.1) is 0 Å². The van der Waals surface area contributed by atoms with Crippen molar-refractivity contribution in [1.82, 2.24) is 0 Å². The first-order chi connectivity index (χ1) is 7.79. The average molecular weight is 225 g/mol. The maximum Gasteiger partial charge on any atom is 0.0685 e. The van der Waals surface area contributed by atoms with E-state index < -0.39 is 0 Å². The Hall–Kier alpha value is -0.120. The van der Waals surface area contributed by atoms with Gasteiger partial charge < -0.3 is 15.2 Å². The summed E-state index contributed by atoms with van der Waals surface area (Å²) in [4.78, 5) is 0. The summed E-state index contributed by atoms with van der Waals surface area (Å²) in [6.07, 6.45) is 7.37. The van der Waals surface area contributed by atoms with Gasteiger partial charge in [-0.25, -0.2) is 0 Å². The van der Waals surface area contributed by atoms with Crippen molar-refractivity contribution in [2.24, 2.45) is 17.6 Å². The normalized spacial score (nSPS) is 39.6. The Kier molecular flexibility index (Phi) is 2.94. The fourth-order valence-electron chi connectivity index (χ4n) is 3.55. The van der Waals surface area contributed by atoms with E-state index in [4.69, 9.17) is 15.2 Å². The van der Waals surface area contributed by atoms with Gasteiger partial charge in [-0.2, -0.15) is 0 Å². The van der Waals surface area contributed by atoms with Crippen molar-refractivity contribution in [3.8, 4) is 0 Å². The molecule has 16 heavy (non-hydrogen) atoms. The van der Waals surface area contributed by atoms with E-state index in [0.29, 0.717) is 17.9 Å². The molecule has 3 nitrogen and oxygen atoms in total. The molecule has 1 saturated carbocycles. The third-order valence-electron chi connectivity index (χ3n) is 4.85. The lowest BCUT2D eigenvalue weighted by molar-refractivity contribution is -0.147. The van der Waals surface area contributed by atoms with Gasteiger partial charge in [-0.05, 0) is 50.4 Å². The van der Waals surface area contributed by atoms with Gasteiger partial charge in [0.2, 0.25) is 0 Å². The van der Waals surface area contributed by atoms with Crippen LogP contribution in [0.25, 0.3) is 0 Å². The number of ether oxygens (including phenoxy) is 2. The molecule has 2 N–H and O–H groups in total. The van der Waals surface area contributed by atoms with Gasteiger partial charge in [0.15, 0.2) is 0 Å². The summed E-state index contributed by atoms with van der Waals surface area (Å²) in [6.45, 7) is 2.71. The number of hydrogen-bond acceptors (Lipinski definition) is 3. The summed E-state index contributed by atoms with van der Waals surface area (Å²) in [5.41, 5.74) is 6.65. The molecule has 3 fully saturated rings. The molecule has 0 radical (unpaired) electrons. The van der Waals surface area contributed by atoms with E-state index in [2.05, 4.69) is 0 Å². The van der Waals surface area contributed by atoms with Crippen molar-refractivity contribution in [3.63, 3.8) is 0 Å². The third-order valence-corrected chi connectivity index (χ3v) is 4.85. The van der Waals surface area contributed by atoms with E-state index in [-0.39, 0.29) is 5.60 Å². The molecule has 0 aromatic heterocycles. The number of rotatable bonds is 2. The molecule has 0 aromatic carbocycles. The van der Waals surface area contributed by atoms with Crippen LogP contribution in [-0.2, 0) is 9.47 Å². The summed E-state index contributed by atoms with van der Waals surface area (Å²) < 4.78 is 11.4. The van der Waals surface area contributed by atoms with Crippen molar-refractivity contribution in [2.75, 3.05) is 19.8 Å². The summed E-state index contributed by atoms with van der Waals surface area (Å²) in [6, 6.07) is 0.337. The minimum atomic E-state index is 0.236. The van der Waals surface area contributed by atoms with Crippen LogP contribution < -0.4 is 5.73 Å². The minimum Gasteiger partial charge on any atom is -0.381 e. The van der Waals surface area contributed by atoms with E-state index in [1.165, 1.54) is 25.7 Å². The monoisotopic (exact) mass is 225 g/mol. The first-order valence-corrected chi connectivity index (χ1v) is 6.76. The van der Waals surface area contributed by atoms with Gasteiger partial charge >= 0.3 is 0 Å². The first-order valence-electron chi connectivity index (χ1n) is 6.76. The highest BCUT2D eigenvalue weighted by Crippen LogP contribution is 2.45. The van der Waals surface area contributed by atoms with Gasteiger partial charge in [0, 0.05) is 19.3 Å². The van der Waals surface area contributed by atoms with E-state index in [1.807, 2.05) is 0 Å². The third kappa shape index (κ3) is 1.89. The molecule has 0 aromatic rings. The second kappa shape index (κ2) is 4.28. The minimum absolute atomic E-state index is 0.236. The van der Waals surface area contributed by atoms with E-state index in [1.54, 1.807) is 0 Å². The van der Waals surface area contributed by atoms with Crippen LogP contribution in [0.15, 0.2) is 0 Å². The molecule has 92 valence electrons. The highest BCUT2D eigenvalue weighted by Gasteiger charge is 2.45. The topological polar surface area (TPSA) is 44.5 Å². The zero-order valence-corrected chi connectivity index (χ0v) is 9.99. The Labute approximate surface area is 97.7 Å². The average Bonchev–Trinajstić information content (AvgIpc) is 2.79. The molecule has 3 atom stereocenters. The molecule has 2 aliphatic heterocycles. The summed E-state index contributed by atoms with van der Waals surface area (Å²) in [5.74, 6) is 1.26. The molecule has 1 spiro atoms. The summed E-state index contributed by atoms with van der Waals surface area (Å²) >= 11 is 0. The van der Waals surface area contributed by atoms with Crippen LogP contribution in [0.2, 0.25) is 0 Å². The molecular weight excluding hydrogens is 202 g/mol. The fraction of sp³-hybridized carbons (Fsp3) is 1.00. The van der Waals surface area contributed by atoms with Gasteiger partial charge in [0.05, 0.1) is 12.2 Å². The lowest BCUT2D eigenvalue weighted by Crippen LogP contribution is -2.51. The predicted octanol–water partition coefficient (Wildman–Crippen LogP) is 1.70. The highest BCUT2D eigenvalue weighted by atomic mass is 16.5. The van der Waals surface area contributed by atoms with E-state index in [9.17, 15) is 0 Å². The Morgan fingerprint density at radius 3 is 2.56 bits per heavy atom. The molecule has 3 aliphatic rings. The SMILES string of the molecule is NC(C1CCOC1)C1CCOC2(CCC2)C1. The van der Waals surface area contributed by atoms with Crippen LogP contribution in [-0.4, -0.2) is 31.5 Å². The largest absolute Gasteiger partial charge is 0.381 e. The van der Waals surface area contributed by atoms with E-state index in [0.717, 1.165) is 32.7 Å². The quantitative estimate of drug-likeness (QED) is 0.778. The summed E-state index contributed by atoms with van der Waals surface area (Å²) in [7, 11) is 0. The van der Waals surface area contributed by atoms with Crippen molar-refractivity contribution < 1.29 is 9.47 Å². The smallest absolute Gasteiger partial charge is 0.0685 e. The molecule has 3 heteroatoms. The highest BCUT2D eigenvalue weighted by molar-refractivity contribution is 4.97. The fourth-order valence-corrected chi connectivity index (χ4v) is 3.55. The van der Waals surface area contributed by atoms with Crippen LogP contribution in [0, 0.1) is 11.8 Å². The van der Waals surface area contributed by atoms with Gasteiger partial charge in [0.1, 0.15) is 0 Å². The molecular formula is C13H23NO2. The van der Waals surface area contributed by atoms with Crippen molar-refractivity contribution in [3.05, 3.63) is 0 Å². The van der Waals surface area contributed by atoms with Crippen molar-refractivity contribution >= 4 is 0 Å². The van der Waals surface area contributed by atoms with Gasteiger partial charge in [-0.1, -0.05) is 0 Å². The van der Waals surface area contributed by atoms with Crippen LogP contribution in [0.5, 0.6) is 0 Å². The zero-order chi connectivity index (χ0) is 11.0. The molecule has 0 amide bonds.